The lowest BCUT2D eigenvalue weighted by molar-refractivity contribution is 0.340. The zero-order valence-corrected chi connectivity index (χ0v) is 13.8. The molecule has 0 aliphatic carbocycles. The molecule has 24 heavy (non-hydrogen) atoms. The van der Waals surface area contributed by atoms with Gasteiger partial charge in [-0.1, -0.05) is 42.5 Å². The first-order chi connectivity index (χ1) is 11.7. The number of aromatic hydroxyl groups is 1. The maximum Gasteiger partial charge on any atom is 0.131 e. The average molecular weight is 320 g/mol. The van der Waals surface area contributed by atoms with Crippen LogP contribution in [-0.4, -0.2) is 18.8 Å². The van der Waals surface area contributed by atoms with Crippen LogP contribution in [0.25, 0.3) is 22.3 Å². The van der Waals surface area contributed by atoms with E-state index in [0.29, 0.717) is 6.61 Å². The van der Waals surface area contributed by atoms with Crippen molar-refractivity contribution >= 4 is 0 Å². The maximum absolute atomic E-state index is 10.8. The molecule has 0 bridgehead atoms. The zero-order chi connectivity index (χ0) is 16.9. The van der Waals surface area contributed by atoms with E-state index in [0.717, 1.165) is 33.8 Å². The Labute approximate surface area is 142 Å². The second-order valence-corrected chi connectivity index (χ2v) is 5.39. The minimum atomic E-state index is 0.245. The number of methoxy groups -OCH3 is 1. The molecule has 3 aromatic carbocycles. The van der Waals surface area contributed by atoms with Crippen molar-refractivity contribution < 1.29 is 14.6 Å². The van der Waals surface area contributed by atoms with Crippen LogP contribution in [-0.2, 0) is 0 Å². The van der Waals surface area contributed by atoms with Crippen molar-refractivity contribution in [3.05, 3.63) is 66.7 Å². The fourth-order valence-electron chi connectivity index (χ4n) is 2.69. The van der Waals surface area contributed by atoms with Gasteiger partial charge < -0.3 is 14.6 Å². The van der Waals surface area contributed by atoms with Gasteiger partial charge in [0.2, 0.25) is 0 Å². The molecular weight excluding hydrogens is 300 g/mol. The Morgan fingerprint density at radius 2 is 1.38 bits per heavy atom. The number of phenolic OH excluding ortho intramolecular Hbond substituents is 1. The highest BCUT2D eigenvalue weighted by Gasteiger charge is 2.14. The number of phenols is 1. The Balaban J connectivity index is 2.15. The van der Waals surface area contributed by atoms with Crippen LogP contribution in [0.15, 0.2) is 66.7 Å². The first kappa shape index (κ1) is 15.9. The lowest BCUT2D eigenvalue weighted by Gasteiger charge is -2.14. The molecule has 3 nitrogen and oxygen atoms in total. The number of benzene rings is 3. The predicted molar refractivity (Wildman–Crippen MR) is 96.7 cm³/mol. The van der Waals surface area contributed by atoms with Crippen molar-refractivity contribution in [2.24, 2.45) is 0 Å². The van der Waals surface area contributed by atoms with Crippen LogP contribution in [0.2, 0.25) is 0 Å². The Bertz CT molecular complexity index is 808. The van der Waals surface area contributed by atoms with E-state index in [2.05, 4.69) is 0 Å². The van der Waals surface area contributed by atoms with E-state index in [1.807, 2.05) is 73.7 Å². The smallest absolute Gasteiger partial charge is 0.131 e. The fraction of sp³-hybridized carbons (Fsp3) is 0.143. The normalized spacial score (nSPS) is 10.4. The molecule has 0 fully saturated rings. The summed E-state index contributed by atoms with van der Waals surface area (Å²) in [6, 6.07) is 21.2. The van der Waals surface area contributed by atoms with Gasteiger partial charge in [0, 0.05) is 11.1 Å². The topological polar surface area (TPSA) is 38.7 Å². The van der Waals surface area contributed by atoms with E-state index in [4.69, 9.17) is 9.47 Å². The number of rotatable bonds is 5. The highest BCUT2D eigenvalue weighted by atomic mass is 16.5. The molecule has 122 valence electrons. The molecule has 3 heteroatoms. The van der Waals surface area contributed by atoms with Gasteiger partial charge in [0.15, 0.2) is 0 Å². The SMILES string of the molecule is CCOc1cc(-c2ccccc2)c(O)c(-c2ccc(OC)cc2)c1. The molecule has 0 radical (unpaired) electrons. The number of hydrogen-bond acceptors (Lipinski definition) is 3. The summed E-state index contributed by atoms with van der Waals surface area (Å²) in [6.45, 7) is 2.52. The first-order valence-electron chi connectivity index (χ1n) is 7.92. The summed E-state index contributed by atoms with van der Waals surface area (Å²) in [6.07, 6.45) is 0. The van der Waals surface area contributed by atoms with Gasteiger partial charge in [-0.05, 0) is 42.3 Å². The molecule has 0 amide bonds. The molecule has 0 atom stereocenters. The standard InChI is InChI=1S/C21H20O3/c1-3-24-18-13-19(15-7-5-4-6-8-15)21(22)20(14-18)16-9-11-17(23-2)12-10-16/h4-14,22H,3H2,1-2H3. The summed E-state index contributed by atoms with van der Waals surface area (Å²) in [5.74, 6) is 1.76. The monoisotopic (exact) mass is 320 g/mol. The molecule has 0 aliphatic rings. The Hall–Kier alpha value is -2.94. The largest absolute Gasteiger partial charge is 0.507 e. The highest BCUT2D eigenvalue weighted by Crippen LogP contribution is 2.41. The van der Waals surface area contributed by atoms with Gasteiger partial charge in [0.1, 0.15) is 17.2 Å². The zero-order valence-electron chi connectivity index (χ0n) is 13.8. The maximum atomic E-state index is 10.8. The van der Waals surface area contributed by atoms with E-state index < -0.39 is 0 Å². The molecule has 0 spiro atoms. The highest BCUT2D eigenvalue weighted by molar-refractivity contribution is 5.83. The van der Waals surface area contributed by atoms with Crippen molar-refractivity contribution in [2.75, 3.05) is 13.7 Å². The van der Waals surface area contributed by atoms with Crippen molar-refractivity contribution in [3.63, 3.8) is 0 Å². The molecule has 0 unspecified atom stereocenters. The van der Waals surface area contributed by atoms with Crippen LogP contribution in [0, 0.1) is 0 Å². The Kier molecular flexibility index (Phi) is 4.71. The summed E-state index contributed by atoms with van der Waals surface area (Å²) >= 11 is 0. The molecule has 0 saturated carbocycles. The van der Waals surface area contributed by atoms with Gasteiger partial charge in [-0.25, -0.2) is 0 Å². The van der Waals surface area contributed by atoms with Crippen LogP contribution in [0.3, 0.4) is 0 Å². The fourth-order valence-corrected chi connectivity index (χ4v) is 2.69. The average Bonchev–Trinajstić information content (AvgIpc) is 2.64. The summed E-state index contributed by atoms with van der Waals surface area (Å²) in [5.41, 5.74) is 3.35. The van der Waals surface area contributed by atoms with E-state index in [9.17, 15) is 5.11 Å². The van der Waals surface area contributed by atoms with E-state index in [-0.39, 0.29) is 5.75 Å². The summed E-state index contributed by atoms with van der Waals surface area (Å²) in [5, 5.41) is 10.8. The van der Waals surface area contributed by atoms with Crippen molar-refractivity contribution in [1.29, 1.82) is 0 Å². The molecule has 0 saturated heterocycles. The van der Waals surface area contributed by atoms with Crippen molar-refractivity contribution in [3.8, 4) is 39.5 Å². The molecule has 1 N–H and O–H groups in total. The third-order valence-electron chi connectivity index (χ3n) is 3.88. The predicted octanol–water partition coefficient (Wildman–Crippen LogP) is 5.13. The first-order valence-corrected chi connectivity index (χ1v) is 7.92. The van der Waals surface area contributed by atoms with Gasteiger partial charge in [-0.3, -0.25) is 0 Å². The summed E-state index contributed by atoms with van der Waals surface area (Å²) in [7, 11) is 1.63. The molecule has 0 aromatic heterocycles. The number of ether oxygens (including phenoxy) is 2. The van der Waals surface area contributed by atoms with E-state index in [1.165, 1.54) is 0 Å². The minimum absolute atomic E-state index is 0.245. The second kappa shape index (κ2) is 7.09. The third-order valence-corrected chi connectivity index (χ3v) is 3.88. The van der Waals surface area contributed by atoms with Crippen LogP contribution < -0.4 is 9.47 Å². The lowest BCUT2D eigenvalue weighted by Crippen LogP contribution is -1.94. The van der Waals surface area contributed by atoms with E-state index >= 15 is 0 Å². The van der Waals surface area contributed by atoms with Crippen LogP contribution in [0.4, 0.5) is 0 Å². The Morgan fingerprint density at radius 1 is 0.792 bits per heavy atom. The third kappa shape index (κ3) is 3.20. The van der Waals surface area contributed by atoms with Gasteiger partial charge in [0.25, 0.3) is 0 Å². The van der Waals surface area contributed by atoms with Crippen molar-refractivity contribution in [2.45, 2.75) is 6.92 Å². The van der Waals surface area contributed by atoms with Crippen molar-refractivity contribution in [1.82, 2.24) is 0 Å². The minimum Gasteiger partial charge on any atom is -0.507 e. The lowest BCUT2D eigenvalue weighted by atomic mass is 9.96. The quantitative estimate of drug-likeness (QED) is 0.708. The van der Waals surface area contributed by atoms with Gasteiger partial charge >= 0.3 is 0 Å². The molecular formula is C21H20O3. The Morgan fingerprint density at radius 3 is 1.92 bits per heavy atom. The molecule has 0 heterocycles. The van der Waals surface area contributed by atoms with Crippen LogP contribution in [0.1, 0.15) is 6.92 Å². The second-order valence-electron chi connectivity index (χ2n) is 5.39. The van der Waals surface area contributed by atoms with Crippen LogP contribution >= 0.6 is 0 Å². The number of hydrogen-bond donors (Lipinski definition) is 1. The van der Waals surface area contributed by atoms with Gasteiger partial charge in [0.05, 0.1) is 13.7 Å². The molecule has 3 rings (SSSR count). The van der Waals surface area contributed by atoms with E-state index in [1.54, 1.807) is 7.11 Å². The van der Waals surface area contributed by atoms with Crippen LogP contribution in [0.5, 0.6) is 17.2 Å². The summed E-state index contributed by atoms with van der Waals surface area (Å²) in [4.78, 5) is 0. The van der Waals surface area contributed by atoms with Gasteiger partial charge in [-0.15, -0.1) is 0 Å². The van der Waals surface area contributed by atoms with Gasteiger partial charge in [-0.2, -0.15) is 0 Å². The molecule has 0 aliphatic heterocycles. The summed E-state index contributed by atoms with van der Waals surface area (Å²) < 4.78 is 10.9. The molecule has 3 aromatic rings.